The first-order valence-electron chi connectivity index (χ1n) is 11.0. The number of rotatable bonds is 4. The molecule has 3 aromatic rings. The van der Waals surface area contributed by atoms with Crippen LogP contribution in [0.5, 0.6) is 0 Å². The lowest BCUT2D eigenvalue weighted by Crippen LogP contribution is -2.15. The highest BCUT2D eigenvalue weighted by atomic mass is 15.1. The summed E-state index contributed by atoms with van der Waals surface area (Å²) in [4.78, 5) is 2.30. The number of benzene rings is 3. The summed E-state index contributed by atoms with van der Waals surface area (Å²) < 4.78 is 0. The number of hydrogen-bond acceptors (Lipinski definition) is 1. The average molecular weight is 390 g/mol. The SMILES string of the molecule is CC.CC.CC(c1ccc(N(c2ccccc2)c2ccccc2)cc1)C(C)(C)C. The van der Waals surface area contributed by atoms with Crippen molar-refractivity contribution in [3.05, 3.63) is 90.5 Å². The van der Waals surface area contributed by atoms with Crippen molar-refractivity contribution in [2.24, 2.45) is 5.41 Å². The van der Waals surface area contributed by atoms with Crippen LogP contribution >= 0.6 is 0 Å². The van der Waals surface area contributed by atoms with Crippen LogP contribution in [0.1, 0.15) is 66.9 Å². The lowest BCUT2D eigenvalue weighted by atomic mass is 9.78. The molecule has 0 spiro atoms. The minimum atomic E-state index is 0.264. The van der Waals surface area contributed by atoms with Gasteiger partial charge < -0.3 is 4.90 Å². The van der Waals surface area contributed by atoms with Gasteiger partial charge in [0, 0.05) is 17.1 Å². The normalized spacial score (nSPS) is 11.3. The first kappa shape index (κ1) is 24.5. The molecule has 0 saturated heterocycles. The van der Waals surface area contributed by atoms with Crippen molar-refractivity contribution in [3.63, 3.8) is 0 Å². The molecule has 1 atom stereocenters. The summed E-state index contributed by atoms with van der Waals surface area (Å²) in [5.74, 6) is 0.517. The molecule has 3 rings (SSSR count). The molecule has 0 fully saturated rings. The zero-order chi connectivity index (χ0) is 21.9. The largest absolute Gasteiger partial charge is 0.311 e. The molecule has 0 aliphatic heterocycles. The van der Waals surface area contributed by atoms with Crippen molar-refractivity contribution in [2.75, 3.05) is 4.90 Å². The van der Waals surface area contributed by atoms with E-state index in [2.05, 4.69) is 118 Å². The van der Waals surface area contributed by atoms with E-state index in [0.29, 0.717) is 5.92 Å². The van der Waals surface area contributed by atoms with Gasteiger partial charge in [0.2, 0.25) is 0 Å². The van der Waals surface area contributed by atoms with E-state index >= 15 is 0 Å². The van der Waals surface area contributed by atoms with Crippen molar-refractivity contribution >= 4 is 17.1 Å². The van der Waals surface area contributed by atoms with Gasteiger partial charge in [0.25, 0.3) is 0 Å². The Morgan fingerprint density at radius 2 is 0.897 bits per heavy atom. The smallest absolute Gasteiger partial charge is 0.0461 e. The van der Waals surface area contributed by atoms with Crippen molar-refractivity contribution in [1.82, 2.24) is 0 Å². The van der Waals surface area contributed by atoms with E-state index in [1.807, 2.05) is 27.7 Å². The molecular formula is C28H39N. The van der Waals surface area contributed by atoms with Crippen molar-refractivity contribution < 1.29 is 0 Å². The van der Waals surface area contributed by atoms with Crippen LogP contribution in [-0.4, -0.2) is 0 Å². The van der Waals surface area contributed by atoms with E-state index < -0.39 is 0 Å². The fraction of sp³-hybridized carbons (Fsp3) is 0.357. The van der Waals surface area contributed by atoms with Crippen LogP contribution in [0.25, 0.3) is 0 Å². The predicted molar refractivity (Wildman–Crippen MR) is 132 cm³/mol. The summed E-state index contributed by atoms with van der Waals surface area (Å²) in [5, 5.41) is 0. The maximum atomic E-state index is 2.31. The molecule has 0 heterocycles. The number of para-hydroxylation sites is 2. The lowest BCUT2D eigenvalue weighted by molar-refractivity contribution is 0.339. The Hall–Kier alpha value is -2.54. The zero-order valence-electron chi connectivity index (χ0n) is 19.6. The third-order valence-corrected chi connectivity index (χ3v) is 4.98. The highest BCUT2D eigenvalue weighted by Gasteiger charge is 2.22. The molecule has 0 bridgehead atoms. The van der Waals surface area contributed by atoms with Gasteiger partial charge in [0.15, 0.2) is 0 Å². The maximum absolute atomic E-state index is 2.31. The average Bonchev–Trinajstić information content (AvgIpc) is 2.78. The lowest BCUT2D eigenvalue weighted by Gasteiger charge is -2.29. The second-order valence-electron chi connectivity index (χ2n) is 7.69. The Labute approximate surface area is 179 Å². The Kier molecular flexibility index (Phi) is 10.2. The summed E-state index contributed by atoms with van der Waals surface area (Å²) >= 11 is 0. The topological polar surface area (TPSA) is 3.24 Å². The standard InChI is InChI=1S/C24H27N.2C2H6/c1-19(24(2,3)4)20-15-17-23(18-16-20)25(21-11-7-5-8-12-21)22-13-9-6-10-14-22;2*1-2/h5-19H,1-4H3;2*1-2H3. The van der Waals surface area contributed by atoms with Gasteiger partial charge in [-0.3, -0.25) is 0 Å². The molecule has 0 radical (unpaired) electrons. The Bertz CT molecular complexity index is 744. The third-order valence-electron chi connectivity index (χ3n) is 4.98. The summed E-state index contributed by atoms with van der Waals surface area (Å²) in [6.45, 7) is 17.2. The molecule has 1 nitrogen and oxygen atoms in total. The first-order chi connectivity index (χ1) is 14.0. The molecule has 1 unspecified atom stereocenters. The quantitative estimate of drug-likeness (QED) is 0.429. The highest BCUT2D eigenvalue weighted by Crippen LogP contribution is 2.38. The molecular weight excluding hydrogens is 350 g/mol. The fourth-order valence-corrected chi connectivity index (χ4v) is 3.01. The van der Waals surface area contributed by atoms with Crippen LogP contribution in [0.3, 0.4) is 0 Å². The fourth-order valence-electron chi connectivity index (χ4n) is 3.01. The number of nitrogens with zero attached hydrogens (tertiary/aromatic N) is 1. The summed E-state index contributed by atoms with van der Waals surface area (Å²) in [5.41, 5.74) is 5.18. The van der Waals surface area contributed by atoms with Crippen molar-refractivity contribution in [3.8, 4) is 0 Å². The zero-order valence-corrected chi connectivity index (χ0v) is 19.6. The van der Waals surface area contributed by atoms with Gasteiger partial charge in [0.1, 0.15) is 0 Å². The number of hydrogen-bond donors (Lipinski definition) is 0. The Morgan fingerprint density at radius 3 is 1.24 bits per heavy atom. The second kappa shape index (κ2) is 12.1. The molecule has 3 aromatic carbocycles. The molecule has 0 saturated carbocycles. The van der Waals surface area contributed by atoms with Gasteiger partial charge in [-0.15, -0.1) is 0 Å². The van der Waals surface area contributed by atoms with Gasteiger partial charge in [-0.05, 0) is 53.3 Å². The van der Waals surface area contributed by atoms with Crippen molar-refractivity contribution in [1.29, 1.82) is 0 Å². The van der Waals surface area contributed by atoms with Gasteiger partial charge >= 0.3 is 0 Å². The molecule has 0 N–H and O–H groups in total. The molecule has 29 heavy (non-hydrogen) atoms. The van der Waals surface area contributed by atoms with Crippen LogP contribution in [-0.2, 0) is 0 Å². The monoisotopic (exact) mass is 389 g/mol. The van der Waals surface area contributed by atoms with E-state index in [0.717, 1.165) is 0 Å². The van der Waals surface area contributed by atoms with E-state index in [1.165, 1.54) is 22.6 Å². The maximum Gasteiger partial charge on any atom is 0.0461 e. The van der Waals surface area contributed by atoms with Gasteiger partial charge in [-0.25, -0.2) is 0 Å². The van der Waals surface area contributed by atoms with Crippen LogP contribution in [0.4, 0.5) is 17.1 Å². The molecule has 1 heteroatoms. The van der Waals surface area contributed by atoms with Gasteiger partial charge in [0.05, 0.1) is 0 Å². The summed E-state index contributed by atoms with van der Waals surface area (Å²) in [7, 11) is 0. The van der Waals surface area contributed by atoms with E-state index in [9.17, 15) is 0 Å². The molecule has 0 aliphatic carbocycles. The molecule has 156 valence electrons. The first-order valence-corrected chi connectivity index (χ1v) is 11.0. The van der Waals surface area contributed by atoms with Gasteiger partial charge in [-0.1, -0.05) is 104 Å². The van der Waals surface area contributed by atoms with Crippen LogP contribution in [0.2, 0.25) is 0 Å². The van der Waals surface area contributed by atoms with Crippen LogP contribution < -0.4 is 4.90 Å². The minimum absolute atomic E-state index is 0.264. The molecule has 0 aliphatic rings. The van der Waals surface area contributed by atoms with E-state index in [-0.39, 0.29) is 5.41 Å². The summed E-state index contributed by atoms with van der Waals surface area (Å²) in [6, 6.07) is 30.1. The molecule has 0 aromatic heterocycles. The Balaban J connectivity index is 0.000000989. The predicted octanol–water partition coefficient (Wildman–Crippen LogP) is 9.36. The van der Waals surface area contributed by atoms with E-state index in [1.54, 1.807) is 0 Å². The minimum Gasteiger partial charge on any atom is -0.311 e. The number of anilines is 3. The van der Waals surface area contributed by atoms with Crippen LogP contribution in [0, 0.1) is 5.41 Å². The highest BCUT2D eigenvalue weighted by molar-refractivity contribution is 5.76. The van der Waals surface area contributed by atoms with Crippen molar-refractivity contribution in [2.45, 2.75) is 61.3 Å². The van der Waals surface area contributed by atoms with E-state index in [4.69, 9.17) is 0 Å². The Morgan fingerprint density at radius 1 is 0.552 bits per heavy atom. The van der Waals surface area contributed by atoms with Gasteiger partial charge in [-0.2, -0.15) is 0 Å². The second-order valence-corrected chi connectivity index (χ2v) is 7.69. The third kappa shape index (κ3) is 6.78. The summed E-state index contributed by atoms with van der Waals surface area (Å²) in [6.07, 6.45) is 0. The molecule has 0 amide bonds. The van der Waals surface area contributed by atoms with Crippen LogP contribution in [0.15, 0.2) is 84.9 Å².